The first-order valence-corrected chi connectivity index (χ1v) is 6.38. The fraction of sp³-hybridized carbons (Fsp3) is 0.0625. The fourth-order valence-electron chi connectivity index (χ4n) is 1.95. The van der Waals surface area contributed by atoms with Gasteiger partial charge in [0.05, 0.1) is 25.2 Å². The molecular weight excluding hydrogens is 271 g/mol. The summed E-state index contributed by atoms with van der Waals surface area (Å²) in [5, 5.41) is 4.16. The molecule has 0 aliphatic heterocycles. The monoisotopic (exact) mass is 284 g/mol. The molecule has 106 valence electrons. The number of benzene rings is 2. The Morgan fingerprint density at radius 2 is 1.86 bits per heavy atom. The van der Waals surface area contributed by atoms with Gasteiger partial charge in [0.1, 0.15) is 5.82 Å². The van der Waals surface area contributed by atoms with Gasteiger partial charge in [-0.15, -0.1) is 0 Å². The fourth-order valence-corrected chi connectivity index (χ4v) is 1.95. The maximum absolute atomic E-state index is 13.2. The van der Waals surface area contributed by atoms with Gasteiger partial charge in [-0.05, 0) is 30.3 Å². The highest BCUT2D eigenvalue weighted by atomic mass is 19.1. The number of hydrogen-bond donors (Lipinski definition) is 0. The molecule has 0 amide bonds. The van der Waals surface area contributed by atoms with Gasteiger partial charge in [-0.25, -0.2) is 9.07 Å². The van der Waals surface area contributed by atoms with Crippen molar-refractivity contribution in [2.75, 3.05) is 7.11 Å². The number of para-hydroxylation sites is 2. The summed E-state index contributed by atoms with van der Waals surface area (Å²) in [6.07, 6.45) is 3.25. The Labute approximate surface area is 121 Å². The molecule has 1 aromatic heterocycles. The van der Waals surface area contributed by atoms with E-state index in [1.807, 2.05) is 18.2 Å². The molecule has 0 radical (unpaired) electrons. The van der Waals surface area contributed by atoms with E-state index in [0.717, 1.165) is 0 Å². The zero-order chi connectivity index (χ0) is 14.7. The number of methoxy groups -OCH3 is 1. The van der Waals surface area contributed by atoms with E-state index in [1.54, 1.807) is 42.4 Å². The minimum atomic E-state index is -0.310. The van der Waals surface area contributed by atoms with Crippen molar-refractivity contribution in [3.63, 3.8) is 0 Å². The molecule has 1 heterocycles. The number of rotatable bonds is 4. The maximum Gasteiger partial charge on any atom is 0.169 e. The summed E-state index contributed by atoms with van der Waals surface area (Å²) in [5.41, 5.74) is 0.630. The summed E-state index contributed by atoms with van der Waals surface area (Å²) in [6, 6.07) is 13.5. The Morgan fingerprint density at radius 1 is 1.05 bits per heavy atom. The van der Waals surface area contributed by atoms with Crippen LogP contribution in [0.15, 0.2) is 60.9 Å². The van der Waals surface area contributed by atoms with Crippen molar-refractivity contribution in [1.82, 2.24) is 9.78 Å². The summed E-state index contributed by atoms with van der Waals surface area (Å²) < 4.78 is 25.7. The minimum absolute atomic E-state index is 0.310. The quantitative estimate of drug-likeness (QED) is 0.731. The first-order valence-electron chi connectivity index (χ1n) is 6.38. The average molecular weight is 284 g/mol. The van der Waals surface area contributed by atoms with E-state index in [4.69, 9.17) is 9.47 Å². The van der Waals surface area contributed by atoms with Crippen molar-refractivity contribution in [2.24, 2.45) is 0 Å². The van der Waals surface area contributed by atoms with Crippen LogP contribution in [0.1, 0.15) is 0 Å². The molecule has 0 unspecified atom stereocenters. The van der Waals surface area contributed by atoms with Crippen LogP contribution in [0, 0.1) is 5.82 Å². The molecule has 5 heteroatoms. The Morgan fingerprint density at radius 3 is 2.62 bits per heavy atom. The van der Waals surface area contributed by atoms with Crippen molar-refractivity contribution in [3.05, 3.63) is 66.7 Å². The number of aromatic nitrogens is 2. The van der Waals surface area contributed by atoms with Crippen LogP contribution >= 0.6 is 0 Å². The summed E-state index contributed by atoms with van der Waals surface area (Å²) in [5.74, 6) is 1.47. The highest BCUT2D eigenvalue weighted by Gasteiger charge is 2.07. The molecule has 2 aromatic carbocycles. The predicted octanol–water partition coefficient (Wildman–Crippen LogP) is 3.81. The van der Waals surface area contributed by atoms with E-state index in [-0.39, 0.29) is 5.82 Å². The van der Waals surface area contributed by atoms with Gasteiger partial charge in [-0.1, -0.05) is 18.2 Å². The number of ether oxygens (including phenoxy) is 2. The molecule has 0 spiro atoms. The summed E-state index contributed by atoms with van der Waals surface area (Å²) in [7, 11) is 1.58. The van der Waals surface area contributed by atoms with E-state index in [9.17, 15) is 4.39 Å². The van der Waals surface area contributed by atoms with Gasteiger partial charge in [0.25, 0.3) is 0 Å². The molecule has 0 bridgehead atoms. The molecule has 0 saturated carbocycles. The summed E-state index contributed by atoms with van der Waals surface area (Å²) in [4.78, 5) is 0. The molecule has 0 N–H and O–H groups in total. The van der Waals surface area contributed by atoms with E-state index >= 15 is 0 Å². The minimum Gasteiger partial charge on any atom is -0.493 e. The van der Waals surface area contributed by atoms with Crippen LogP contribution < -0.4 is 9.47 Å². The topological polar surface area (TPSA) is 36.3 Å². The van der Waals surface area contributed by atoms with Gasteiger partial charge in [-0.2, -0.15) is 5.10 Å². The molecule has 3 rings (SSSR count). The van der Waals surface area contributed by atoms with Crippen molar-refractivity contribution < 1.29 is 13.9 Å². The Balaban J connectivity index is 1.85. The lowest BCUT2D eigenvalue weighted by Gasteiger charge is -2.07. The molecule has 3 aromatic rings. The molecule has 0 fully saturated rings. The Bertz CT molecular complexity index is 755. The average Bonchev–Trinajstić information content (AvgIpc) is 2.96. The van der Waals surface area contributed by atoms with Crippen LogP contribution in [0.2, 0.25) is 0 Å². The third-order valence-corrected chi connectivity index (χ3v) is 2.93. The van der Waals surface area contributed by atoms with Crippen LogP contribution in [-0.4, -0.2) is 16.9 Å². The van der Waals surface area contributed by atoms with Crippen LogP contribution in [0.25, 0.3) is 5.69 Å². The van der Waals surface area contributed by atoms with Gasteiger partial charge < -0.3 is 9.47 Å². The molecule has 4 nitrogen and oxygen atoms in total. The second-order valence-electron chi connectivity index (χ2n) is 4.35. The van der Waals surface area contributed by atoms with Crippen molar-refractivity contribution >= 4 is 0 Å². The summed E-state index contributed by atoms with van der Waals surface area (Å²) >= 11 is 0. The van der Waals surface area contributed by atoms with Crippen LogP contribution in [-0.2, 0) is 0 Å². The summed E-state index contributed by atoms with van der Waals surface area (Å²) in [6.45, 7) is 0. The molecule has 0 atom stereocenters. The number of nitrogens with zero attached hydrogens (tertiary/aromatic N) is 2. The standard InChI is InChI=1S/C16H13FN2O2/c1-20-15-7-2-3-8-16(15)21-14-10-18-19(11-14)13-6-4-5-12(17)9-13/h2-11H,1H3. The Hall–Kier alpha value is -2.82. The Kier molecular flexibility index (Phi) is 3.55. The van der Waals surface area contributed by atoms with Gasteiger partial charge in [0.2, 0.25) is 0 Å². The maximum atomic E-state index is 13.2. The number of halogens is 1. The highest BCUT2D eigenvalue weighted by molar-refractivity contribution is 5.42. The second-order valence-corrected chi connectivity index (χ2v) is 4.35. The van der Waals surface area contributed by atoms with Crippen molar-refractivity contribution in [2.45, 2.75) is 0 Å². The normalized spacial score (nSPS) is 10.4. The number of hydrogen-bond acceptors (Lipinski definition) is 3. The van der Waals surface area contributed by atoms with Crippen molar-refractivity contribution in [3.8, 4) is 22.9 Å². The lowest BCUT2D eigenvalue weighted by atomic mass is 10.3. The van der Waals surface area contributed by atoms with E-state index in [2.05, 4.69) is 5.10 Å². The first kappa shape index (κ1) is 13.2. The third kappa shape index (κ3) is 2.86. The second kappa shape index (κ2) is 5.66. The largest absolute Gasteiger partial charge is 0.493 e. The van der Waals surface area contributed by atoms with Gasteiger partial charge in [-0.3, -0.25) is 0 Å². The van der Waals surface area contributed by atoms with E-state index in [1.165, 1.54) is 12.1 Å². The van der Waals surface area contributed by atoms with Crippen LogP contribution in [0.5, 0.6) is 17.2 Å². The lowest BCUT2D eigenvalue weighted by molar-refractivity contribution is 0.379. The third-order valence-electron chi connectivity index (χ3n) is 2.93. The molecule has 21 heavy (non-hydrogen) atoms. The SMILES string of the molecule is COc1ccccc1Oc1cnn(-c2cccc(F)c2)c1. The molecule has 0 aliphatic carbocycles. The van der Waals surface area contributed by atoms with Crippen LogP contribution in [0.3, 0.4) is 0 Å². The zero-order valence-electron chi connectivity index (χ0n) is 11.4. The predicted molar refractivity (Wildman–Crippen MR) is 76.6 cm³/mol. The highest BCUT2D eigenvalue weighted by Crippen LogP contribution is 2.30. The van der Waals surface area contributed by atoms with Crippen molar-refractivity contribution in [1.29, 1.82) is 0 Å². The molecule has 0 saturated heterocycles. The first-order chi connectivity index (χ1) is 10.3. The smallest absolute Gasteiger partial charge is 0.169 e. The molecular formula is C16H13FN2O2. The molecule has 0 aliphatic rings. The lowest BCUT2D eigenvalue weighted by Crippen LogP contribution is -1.94. The zero-order valence-corrected chi connectivity index (χ0v) is 11.4. The van der Waals surface area contributed by atoms with Gasteiger partial charge >= 0.3 is 0 Å². The van der Waals surface area contributed by atoms with Gasteiger partial charge in [0, 0.05) is 0 Å². The van der Waals surface area contributed by atoms with E-state index < -0.39 is 0 Å². The van der Waals surface area contributed by atoms with Gasteiger partial charge in [0.15, 0.2) is 17.2 Å². The van der Waals surface area contributed by atoms with Crippen LogP contribution in [0.4, 0.5) is 4.39 Å². The van der Waals surface area contributed by atoms with E-state index in [0.29, 0.717) is 22.9 Å².